The Bertz CT molecular complexity index is 1570. The van der Waals surface area contributed by atoms with Crippen molar-refractivity contribution in [1.82, 2.24) is 5.32 Å². The SMILES string of the molecule is CCOc1cc(/C=C2\C(=O)NC(=O)N(c3ccc(O)cc3)C2=O)cc(Cl)c1OS(=O)(=O)c1ccc(C)cc1. The maximum Gasteiger partial charge on any atom is 0.339 e. The molecule has 196 valence electrons. The largest absolute Gasteiger partial charge is 0.508 e. The van der Waals surface area contributed by atoms with Crippen LogP contribution in [0.1, 0.15) is 18.1 Å². The Morgan fingerprint density at radius 3 is 2.32 bits per heavy atom. The van der Waals surface area contributed by atoms with E-state index in [9.17, 15) is 27.9 Å². The Morgan fingerprint density at radius 1 is 1.03 bits per heavy atom. The van der Waals surface area contributed by atoms with Crippen LogP contribution >= 0.6 is 11.6 Å². The minimum absolute atomic E-state index is 0.0438. The van der Waals surface area contributed by atoms with E-state index in [4.69, 9.17) is 20.5 Å². The molecular weight excluding hydrogens is 536 g/mol. The van der Waals surface area contributed by atoms with Gasteiger partial charge in [0.05, 0.1) is 17.3 Å². The van der Waals surface area contributed by atoms with E-state index in [-0.39, 0.29) is 45.0 Å². The van der Waals surface area contributed by atoms with E-state index < -0.39 is 33.5 Å². The number of nitrogens with zero attached hydrogens (tertiary/aromatic N) is 1. The monoisotopic (exact) mass is 556 g/mol. The second-order valence-corrected chi connectivity index (χ2v) is 10.0. The fourth-order valence-corrected chi connectivity index (χ4v) is 4.80. The third kappa shape index (κ3) is 5.48. The average Bonchev–Trinajstić information content (AvgIpc) is 2.85. The summed E-state index contributed by atoms with van der Waals surface area (Å²) in [5.41, 5.74) is 0.803. The Balaban J connectivity index is 1.72. The Kier molecular flexibility index (Phi) is 7.42. The van der Waals surface area contributed by atoms with Gasteiger partial charge in [-0.25, -0.2) is 9.69 Å². The van der Waals surface area contributed by atoms with Crippen LogP contribution in [0.4, 0.5) is 10.5 Å². The van der Waals surface area contributed by atoms with Crippen LogP contribution in [0.5, 0.6) is 17.2 Å². The van der Waals surface area contributed by atoms with Gasteiger partial charge in [0.25, 0.3) is 11.8 Å². The molecular formula is C26H21ClN2O8S. The Morgan fingerprint density at radius 2 is 1.68 bits per heavy atom. The molecule has 10 nitrogen and oxygen atoms in total. The number of hydrogen-bond donors (Lipinski definition) is 2. The summed E-state index contributed by atoms with van der Waals surface area (Å²) in [6.07, 6.45) is 1.18. The molecule has 0 radical (unpaired) electrons. The van der Waals surface area contributed by atoms with Crippen LogP contribution in [0.15, 0.2) is 71.1 Å². The summed E-state index contributed by atoms with van der Waals surface area (Å²) in [6.45, 7) is 3.60. The first-order valence-electron chi connectivity index (χ1n) is 11.2. The van der Waals surface area contributed by atoms with Gasteiger partial charge in [-0.2, -0.15) is 8.42 Å². The van der Waals surface area contributed by atoms with Crippen molar-refractivity contribution in [3.05, 3.63) is 82.4 Å². The van der Waals surface area contributed by atoms with E-state index in [2.05, 4.69) is 5.32 Å². The lowest BCUT2D eigenvalue weighted by Gasteiger charge is -2.26. The summed E-state index contributed by atoms with van der Waals surface area (Å²) < 4.78 is 36.5. The molecule has 0 atom stereocenters. The number of aryl methyl sites for hydroxylation is 1. The lowest BCUT2D eigenvalue weighted by Crippen LogP contribution is -2.54. The average molecular weight is 557 g/mol. The molecule has 0 aliphatic carbocycles. The number of urea groups is 1. The number of phenols is 1. The van der Waals surface area contributed by atoms with Crippen LogP contribution in [-0.2, 0) is 19.7 Å². The highest BCUT2D eigenvalue weighted by Gasteiger charge is 2.37. The Labute approximate surface area is 223 Å². The van der Waals surface area contributed by atoms with Crippen molar-refractivity contribution in [2.75, 3.05) is 11.5 Å². The number of aromatic hydroxyl groups is 1. The number of barbiturate groups is 1. The van der Waals surface area contributed by atoms with Gasteiger partial charge in [0.2, 0.25) is 5.75 Å². The molecule has 1 fully saturated rings. The summed E-state index contributed by atoms with van der Waals surface area (Å²) in [7, 11) is -4.26. The molecule has 4 rings (SSSR count). The molecule has 0 bridgehead atoms. The number of rotatable bonds is 7. The second kappa shape index (κ2) is 10.6. The maximum atomic E-state index is 13.1. The molecule has 0 aromatic heterocycles. The van der Waals surface area contributed by atoms with Crippen molar-refractivity contribution in [2.24, 2.45) is 0 Å². The minimum atomic E-state index is -4.26. The topological polar surface area (TPSA) is 139 Å². The summed E-state index contributed by atoms with van der Waals surface area (Å²) in [6, 6.07) is 13.0. The van der Waals surface area contributed by atoms with Crippen LogP contribution in [-0.4, -0.2) is 38.0 Å². The number of amides is 4. The normalized spacial score (nSPS) is 15.0. The maximum absolute atomic E-state index is 13.1. The summed E-state index contributed by atoms with van der Waals surface area (Å²) in [5.74, 6) is -2.24. The second-order valence-electron chi connectivity index (χ2n) is 8.09. The quantitative estimate of drug-likeness (QED) is 0.251. The van der Waals surface area contributed by atoms with Gasteiger partial charge in [-0.3, -0.25) is 14.9 Å². The highest BCUT2D eigenvalue weighted by Crippen LogP contribution is 2.39. The van der Waals surface area contributed by atoms with E-state index in [1.165, 1.54) is 54.6 Å². The van der Waals surface area contributed by atoms with Crippen molar-refractivity contribution >= 4 is 51.3 Å². The first-order chi connectivity index (χ1) is 18.0. The zero-order valence-corrected chi connectivity index (χ0v) is 21.7. The lowest BCUT2D eigenvalue weighted by atomic mass is 10.1. The number of phenolic OH excluding ortho intramolecular Hbond substituents is 1. The Hall–Kier alpha value is -4.35. The zero-order valence-electron chi connectivity index (χ0n) is 20.1. The third-order valence-corrected chi connectivity index (χ3v) is 6.87. The molecule has 3 aromatic carbocycles. The van der Waals surface area contributed by atoms with E-state index in [0.29, 0.717) is 0 Å². The van der Waals surface area contributed by atoms with E-state index in [1.54, 1.807) is 19.1 Å². The zero-order chi connectivity index (χ0) is 27.6. The molecule has 1 aliphatic heterocycles. The summed E-state index contributed by atoms with van der Waals surface area (Å²) in [5, 5.41) is 11.4. The fourth-order valence-electron chi connectivity index (χ4n) is 3.54. The number of hydrogen-bond acceptors (Lipinski definition) is 8. The number of nitrogens with one attached hydrogen (secondary N) is 1. The van der Waals surface area contributed by atoms with Crippen molar-refractivity contribution in [3.63, 3.8) is 0 Å². The van der Waals surface area contributed by atoms with Gasteiger partial charge in [0, 0.05) is 0 Å². The standard InChI is InChI=1S/C26H21ClN2O8S/c1-3-36-22-14-16(13-21(27)23(22)37-38(34,35)19-10-4-15(2)5-11-19)12-20-24(31)28-26(33)29(25(20)32)17-6-8-18(30)9-7-17/h4-14,30H,3H2,1-2H3,(H,28,31,33)/b20-12+. The van der Waals surface area contributed by atoms with Gasteiger partial charge in [-0.1, -0.05) is 29.3 Å². The van der Waals surface area contributed by atoms with Gasteiger partial charge < -0.3 is 14.0 Å². The molecule has 2 N–H and O–H groups in total. The lowest BCUT2D eigenvalue weighted by molar-refractivity contribution is -0.122. The van der Waals surface area contributed by atoms with Crippen molar-refractivity contribution < 1.29 is 36.8 Å². The highest BCUT2D eigenvalue weighted by molar-refractivity contribution is 7.87. The van der Waals surface area contributed by atoms with Gasteiger partial charge in [-0.15, -0.1) is 0 Å². The molecule has 1 heterocycles. The molecule has 4 amide bonds. The van der Waals surface area contributed by atoms with Crippen LogP contribution in [0, 0.1) is 6.92 Å². The number of benzene rings is 3. The first-order valence-corrected chi connectivity index (χ1v) is 13.0. The van der Waals surface area contributed by atoms with Crippen molar-refractivity contribution in [3.8, 4) is 17.2 Å². The number of anilines is 1. The van der Waals surface area contributed by atoms with Crippen molar-refractivity contribution in [1.29, 1.82) is 0 Å². The minimum Gasteiger partial charge on any atom is -0.508 e. The van der Waals surface area contributed by atoms with Crippen LogP contribution < -0.4 is 19.1 Å². The molecule has 0 unspecified atom stereocenters. The molecule has 38 heavy (non-hydrogen) atoms. The number of imide groups is 2. The number of ether oxygens (including phenoxy) is 1. The van der Waals surface area contributed by atoms with Crippen molar-refractivity contribution in [2.45, 2.75) is 18.7 Å². The van der Waals surface area contributed by atoms with Crippen LogP contribution in [0.3, 0.4) is 0 Å². The summed E-state index contributed by atoms with van der Waals surface area (Å²) in [4.78, 5) is 38.7. The highest BCUT2D eigenvalue weighted by atomic mass is 35.5. The fraction of sp³-hybridized carbons (Fsp3) is 0.115. The summed E-state index contributed by atoms with van der Waals surface area (Å²) >= 11 is 6.37. The smallest absolute Gasteiger partial charge is 0.339 e. The number of carbonyl (C=O) groups is 3. The third-order valence-electron chi connectivity index (χ3n) is 5.35. The van der Waals surface area contributed by atoms with Gasteiger partial charge in [0.1, 0.15) is 16.2 Å². The predicted molar refractivity (Wildman–Crippen MR) is 139 cm³/mol. The first kappa shape index (κ1) is 26.7. The molecule has 0 saturated carbocycles. The van der Waals surface area contributed by atoms with Gasteiger partial charge in [-0.05, 0) is 74.0 Å². The predicted octanol–water partition coefficient (Wildman–Crippen LogP) is 4.19. The van der Waals surface area contributed by atoms with Gasteiger partial charge in [0.15, 0.2) is 5.75 Å². The van der Waals surface area contributed by atoms with E-state index in [0.717, 1.165) is 10.5 Å². The van der Waals surface area contributed by atoms with E-state index in [1.807, 2.05) is 6.92 Å². The van der Waals surface area contributed by atoms with Crippen LogP contribution in [0.25, 0.3) is 6.08 Å². The molecule has 1 aliphatic rings. The number of carbonyl (C=O) groups excluding carboxylic acids is 3. The molecule has 0 spiro atoms. The van der Waals surface area contributed by atoms with Gasteiger partial charge >= 0.3 is 16.1 Å². The molecule has 1 saturated heterocycles. The molecule has 12 heteroatoms. The van der Waals surface area contributed by atoms with Crippen LogP contribution in [0.2, 0.25) is 5.02 Å². The molecule has 3 aromatic rings. The van der Waals surface area contributed by atoms with E-state index >= 15 is 0 Å². The number of halogens is 1.